The molecule has 8 unspecified atom stereocenters. The second-order valence-electron chi connectivity index (χ2n) is 23.6. The number of allylic oxidation sites excluding steroid dienone is 15. The van der Waals surface area contributed by atoms with Crippen LogP contribution in [-0.2, 0) is 23.8 Å². The number of carbonyl (C=O) groups excluding carboxylic acids is 2. The van der Waals surface area contributed by atoms with E-state index in [0.717, 1.165) is 109 Å². The third kappa shape index (κ3) is 46.8. The van der Waals surface area contributed by atoms with Crippen LogP contribution in [0.1, 0.15) is 290 Å². The van der Waals surface area contributed by atoms with Gasteiger partial charge in [0.05, 0.1) is 25.4 Å². The van der Waals surface area contributed by atoms with Crippen molar-refractivity contribution in [1.82, 2.24) is 5.32 Å². The van der Waals surface area contributed by atoms with Gasteiger partial charge in [-0.2, -0.15) is 0 Å². The predicted octanol–water partition coefficient (Wildman–Crippen LogP) is 17.5. The first-order chi connectivity index (χ1) is 41.2. The first kappa shape index (κ1) is 78.6. The zero-order valence-electron chi connectivity index (χ0n) is 53.7. The molecule has 484 valence electrons. The molecule has 84 heavy (non-hydrogen) atoms. The number of ether oxygens (including phenoxy) is 3. The van der Waals surface area contributed by atoms with Gasteiger partial charge in [0, 0.05) is 6.42 Å². The molecule has 0 aromatic heterocycles. The van der Waals surface area contributed by atoms with Crippen molar-refractivity contribution in [3.63, 3.8) is 0 Å². The van der Waals surface area contributed by atoms with Crippen LogP contribution in [0.2, 0.25) is 0 Å². The molecule has 0 bridgehead atoms. The molecule has 0 aliphatic carbocycles. The number of aliphatic hydroxyl groups excluding tert-OH is 5. The van der Waals surface area contributed by atoms with Crippen LogP contribution in [0.3, 0.4) is 0 Å². The summed E-state index contributed by atoms with van der Waals surface area (Å²) in [7, 11) is 0. The lowest BCUT2D eigenvalue weighted by atomic mass is 9.99. The van der Waals surface area contributed by atoms with Gasteiger partial charge < -0.3 is 45.1 Å². The molecule has 1 heterocycles. The van der Waals surface area contributed by atoms with Crippen LogP contribution in [0.25, 0.3) is 0 Å². The van der Waals surface area contributed by atoms with Gasteiger partial charge in [0.15, 0.2) is 12.4 Å². The fourth-order valence-corrected chi connectivity index (χ4v) is 10.2. The molecule has 1 aliphatic rings. The first-order valence-corrected chi connectivity index (χ1v) is 34.5. The molecule has 8 atom stereocenters. The Labute approximate surface area is 514 Å². The lowest BCUT2D eigenvalue weighted by Gasteiger charge is -2.41. The number of amides is 1. The number of hydrogen-bond acceptors (Lipinski definition) is 10. The van der Waals surface area contributed by atoms with Crippen LogP contribution in [0.4, 0.5) is 0 Å². The molecule has 11 nitrogen and oxygen atoms in total. The van der Waals surface area contributed by atoms with Crippen molar-refractivity contribution in [2.45, 2.75) is 339 Å². The third-order valence-corrected chi connectivity index (χ3v) is 15.7. The fourth-order valence-electron chi connectivity index (χ4n) is 10.2. The summed E-state index contributed by atoms with van der Waals surface area (Å²) >= 11 is 0. The Bertz CT molecular complexity index is 1740. The molecular formula is C73H127NO10. The average molecular weight is 1180 g/mol. The van der Waals surface area contributed by atoms with Gasteiger partial charge >= 0.3 is 5.97 Å². The summed E-state index contributed by atoms with van der Waals surface area (Å²) in [6, 6.07) is -1.04. The number of rotatable bonds is 58. The van der Waals surface area contributed by atoms with E-state index >= 15 is 0 Å². The Morgan fingerprint density at radius 2 is 0.821 bits per heavy atom. The molecule has 0 radical (unpaired) electrons. The van der Waals surface area contributed by atoms with Crippen molar-refractivity contribution < 1.29 is 49.3 Å². The van der Waals surface area contributed by atoms with E-state index < -0.39 is 67.4 Å². The van der Waals surface area contributed by atoms with Crippen molar-refractivity contribution in [3.05, 3.63) is 97.2 Å². The van der Waals surface area contributed by atoms with Gasteiger partial charge in [-0.3, -0.25) is 9.59 Å². The summed E-state index contributed by atoms with van der Waals surface area (Å²) in [6.07, 6.45) is 70.1. The molecule has 1 aliphatic heterocycles. The van der Waals surface area contributed by atoms with Gasteiger partial charge in [0.1, 0.15) is 24.4 Å². The highest BCUT2D eigenvalue weighted by Gasteiger charge is 2.47. The second kappa shape index (κ2) is 59.9. The average Bonchev–Trinajstić information content (AvgIpc) is 3.67. The van der Waals surface area contributed by atoms with E-state index in [4.69, 9.17) is 14.2 Å². The van der Waals surface area contributed by atoms with Crippen molar-refractivity contribution in [2.75, 3.05) is 13.2 Å². The lowest BCUT2D eigenvalue weighted by Crippen LogP contribution is -2.61. The number of hydrogen-bond donors (Lipinski definition) is 6. The highest BCUT2D eigenvalue weighted by Crippen LogP contribution is 2.26. The predicted molar refractivity (Wildman–Crippen MR) is 352 cm³/mol. The highest BCUT2D eigenvalue weighted by molar-refractivity contribution is 5.80. The Balaban J connectivity index is 2.61. The lowest BCUT2D eigenvalue weighted by molar-refractivity contribution is -0.305. The summed E-state index contributed by atoms with van der Waals surface area (Å²) in [5.41, 5.74) is 0. The number of carbonyl (C=O) groups is 2. The molecule has 0 spiro atoms. The van der Waals surface area contributed by atoms with Gasteiger partial charge in [-0.15, -0.1) is 0 Å². The summed E-state index contributed by atoms with van der Waals surface area (Å²) in [5.74, 6) is -1.22. The molecule has 0 aromatic carbocycles. The topological polar surface area (TPSA) is 175 Å². The van der Waals surface area contributed by atoms with Crippen molar-refractivity contribution in [1.29, 1.82) is 0 Å². The molecule has 1 rings (SSSR count). The Kier molecular flexibility index (Phi) is 56.0. The van der Waals surface area contributed by atoms with Gasteiger partial charge in [0.25, 0.3) is 0 Å². The molecule has 11 heteroatoms. The molecular weight excluding hydrogens is 1050 g/mol. The van der Waals surface area contributed by atoms with Gasteiger partial charge in [-0.1, -0.05) is 272 Å². The minimum atomic E-state index is -1.63. The molecule has 1 saturated heterocycles. The van der Waals surface area contributed by atoms with Gasteiger partial charge in [0.2, 0.25) is 5.91 Å². The summed E-state index contributed by atoms with van der Waals surface area (Å²) in [5, 5.41) is 57.2. The molecule has 0 saturated carbocycles. The van der Waals surface area contributed by atoms with E-state index in [1.807, 2.05) is 6.08 Å². The van der Waals surface area contributed by atoms with Gasteiger partial charge in [-0.25, -0.2) is 0 Å². The first-order valence-electron chi connectivity index (χ1n) is 34.5. The van der Waals surface area contributed by atoms with E-state index in [1.54, 1.807) is 6.08 Å². The number of aliphatic hydroxyl groups is 5. The number of nitrogens with one attached hydrogen (secondary N) is 1. The Hall–Kier alpha value is -3.42. The van der Waals surface area contributed by atoms with E-state index in [9.17, 15) is 35.1 Å². The van der Waals surface area contributed by atoms with Gasteiger partial charge in [-0.05, 0) is 109 Å². The van der Waals surface area contributed by atoms with Crippen LogP contribution in [0, 0.1) is 0 Å². The summed E-state index contributed by atoms with van der Waals surface area (Å²) in [4.78, 5) is 26.6. The van der Waals surface area contributed by atoms with Crippen molar-refractivity contribution in [2.24, 2.45) is 0 Å². The Morgan fingerprint density at radius 3 is 1.25 bits per heavy atom. The maximum atomic E-state index is 13.5. The second-order valence-corrected chi connectivity index (χ2v) is 23.6. The van der Waals surface area contributed by atoms with E-state index in [1.165, 1.54) is 135 Å². The normalized spacial score (nSPS) is 19.1. The van der Waals surface area contributed by atoms with Crippen LogP contribution in [0.5, 0.6) is 0 Å². The SMILES string of the molecule is CCCCC/C=C\C/C=C\C/C=C\C/C=C\CCCCCCCCCCCCC(O)C(=O)NC(COC1OC(CO)C(O)C(O)C1OC(=O)CCCCCC/C=C\C/C=C\C/C=C\CCCCC)C(O)/C=C/CCCCCCCCCCCC. The fraction of sp³-hybridized carbons (Fsp3) is 0.753. The van der Waals surface area contributed by atoms with Crippen LogP contribution in [0.15, 0.2) is 97.2 Å². The van der Waals surface area contributed by atoms with Crippen molar-refractivity contribution >= 4 is 11.9 Å². The minimum absolute atomic E-state index is 0.0942. The van der Waals surface area contributed by atoms with Crippen LogP contribution < -0.4 is 5.32 Å². The van der Waals surface area contributed by atoms with E-state index in [2.05, 4.69) is 111 Å². The highest BCUT2D eigenvalue weighted by atomic mass is 16.7. The zero-order chi connectivity index (χ0) is 61.0. The maximum Gasteiger partial charge on any atom is 0.306 e. The minimum Gasteiger partial charge on any atom is -0.454 e. The summed E-state index contributed by atoms with van der Waals surface area (Å²) < 4.78 is 17.6. The third-order valence-electron chi connectivity index (χ3n) is 15.7. The van der Waals surface area contributed by atoms with Crippen molar-refractivity contribution in [3.8, 4) is 0 Å². The molecule has 6 N–H and O–H groups in total. The zero-order valence-corrected chi connectivity index (χ0v) is 53.7. The molecule has 0 aromatic rings. The quantitative estimate of drug-likeness (QED) is 0.0195. The van der Waals surface area contributed by atoms with E-state index in [0.29, 0.717) is 12.8 Å². The van der Waals surface area contributed by atoms with Crippen LogP contribution >= 0.6 is 0 Å². The van der Waals surface area contributed by atoms with E-state index in [-0.39, 0.29) is 19.4 Å². The smallest absolute Gasteiger partial charge is 0.306 e. The monoisotopic (exact) mass is 1180 g/mol. The molecule has 1 fully saturated rings. The van der Waals surface area contributed by atoms with Crippen LogP contribution in [-0.4, -0.2) is 99.6 Å². The Morgan fingerprint density at radius 1 is 0.464 bits per heavy atom. The number of esters is 1. The maximum absolute atomic E-state index is 13.5. The standard InChI is InChI=1S/C73H127NO10/c1-4-7-10-13-16-19-22-25-27-29-30-31-32-33-34-35-36-37-39-40-42-45-48-51-54-57-60-66(77)72(81)74-64(65(76)59-56-53-50-47-44-24-21-18-15-12-9-6-3)63-82-73-71(70(80)69(79)67(62-75)83-73)84-68(78)61-58-55-52-49-46-43-41-38-28-26-23-20-17-14-11-8-5-2/h16-17,19-20,25-28,30-31,33-34,41,43,56,59,64-67,69-71,73,75-77,79-80H,4-15,18,21-24,29,32,35-40,42,44-55,57-58,60-63H2,1-3H3,(H,74,81)/b19-16-,20-17-,27-25-,28-26-,31-30-,34-33-,43-41-,59-56+. The molecule has 1 amide bonds. The summed E-state index contributed by atoms with van der Waals surface area (Å²) in [6.45, 7) is 5.73. The largest absolute Gasteiger partial charge is 0.454 e. The number of unbranched alkanes of at least 4 members (excludes halogenated alkanes) is 30.